The Morgan fingerprint density at radius 2 is 1.53 bits per heavy atom. The molecule has 0 atom stereocenters. The van der Waals surface area contributed by atoms with Gasteiger partial charge in [-0.15, -0.1) is 0 Å². The molecule has 0 spiro atoms. The smallest absolute Gasteiger partial charge is 0.325 e. The van der Waals surface area contributed by atoms with Crippen molar-refractivity contribution in [3.05, 3.63) is 84.2 Å². The van der Waals surface area contributed by atoms with E-state index in [4.69, 9.17) is 0 Å². The number of halogens is 4. The molecule has 0 saturated carbocycles. The SMILES string of the molecule is CS(=O)(=O)N(CC(=O)Nc1ccc(S(=O)(=O)Nc2cccc(C(F)(F)F)c2)cc1)c1cccc(F)c1. The Balaban J connectivity index is 1.72. The molecule has 0 heterocycles. The van der Waals surface area contributed by atoms with Crippen molar-refractivity contribution in [2.24, 2.45) is 0 Å². The zero-order chi connectivity index (χ0) is 26.7. The lowest BCUT2D eigenvalue weighted by Crippen LogP contribution is -2.37. The second kappa shape index (κ2) is 10.1. The molecule has 0 saturated heterocycles. The van der Waals surface area contributed by atoms with Gasteiger partial charge in [0.25, 0.3) is 10.0 Å². The van der Waals surface area contributed by atoms with Crippen molar-refractivity contribution >= 4 is 43.0 Å². The molecule has 3 rings (SSSR count). The van der Waals surface area contributed by atoms with Crippen LogP contribution in [0.4, 0.5) is 34.6 Å². The van der Waals surface area contributed by atoms with Crippen LogP contribution in [0.3, 0.4) is 0 Å². The van der Waals surface area contributed by atoms with Gasteiger partial charge in [0.2, 0.25) is 15.9 Å². The number of benzene rings is 3. The van der Waals surface area contributed by atoms with E-state index in [9.17, 15) is 39.2 Å². The average molecular weight is 546 g/mol. The Morgan fingerprint density at radius 1 is 0.889 bits per heavy atom. The number of anilines is 3. The number of sulfonamides is 2. The number of alkyl halides is 3. The summed E-state index contributed by atoms with van der Waals surface area (Å²) in [6, 6.07) is 13.0. The molecule has 36 heavy (non-hydrogen) atoms. The van der Waals surface area contributed by atoms with Crippen molar-refractivity contribution in [2.45, 2.75) is 11.1 Å². The maximum Gasteiger partial charge on any atom is 0.416 e. The number of carbonyl (C=O) groups excluding carboxylic acids is 1. The third-order valence-corrected chi connectivity index (χ3v) is 7.21. The van der Waals surface area contributed by atoms with Crippen molar-refractivity contribution in [3.63, 3.8) is 0 Å². The molecule has 3 aromatic rings. The van der Waals surface area contributed by atoms with Gasteiger partial charge in [-0.3, -0.25) is 13.8 Å². The summed E-state index contributed by atoms with van der Waals surface area (Å²) in [5.41, 5.74) is -1.26. The van der Waals surface area contributed by atoms with Gasteiger partial charge in [0.1, 0.15) is 12.4 Å². The number of amides is 1. The maximum absolute atomic E-state index is 13.5. The lowest BCUT2D eigenvalue weighted by Gasteiger charge is -2.22. The molecule has 0 aliphatic carbocycles. The third kappa shape index (κ3) is 6.95. The normalized spacial score (nSPS) is 12.1. The first-order valence-electron chi connectivity index (χ1n) is 9.98. The summed E-state index contributed by atoms with van der Waals surface area (Å²) in [5, 5.41) is 2.40. The Labute approximate surface area is 204 Å². The van der Waals surface area contributed by atoms with Crippen LogP contribution in [0.1, 0.15) is 5.56 Å². The first-order chi connectivity index (χ1) is 16.6. The van der Waals surface area contributed by atoms with Crippen molar-refractivity contribution in [3.8, 4) is 0 Å². The average Bonchev–Trinajstić information content (AvgIpc) is 2.76. The molecule has 0 aliphatic heterocycles. The van der Waals surface area contributed by atoms with Crippen molar-refractivity contribution in [2.75, 3.05) is 27.1 Å². The number of rotatable bonds is 8. The van der Waals surface area contributed by atoms with E-state index < -0.39 is 50.1 Å². The molecule has 14 heteroatoms. The van der Waals surface area contributed by atoms with E-state index in [1.807, 2.05) is 0 Å². The van der Waals surface area contributed by atoms with Crippen LogP contribution in [-0.4, -0.2) is 35.5 Å². The zero-order valence-corrected chi connectivity index (χ0v) is 20.1. The molecule has 8 nitrogen and oxygen atoms in total. The molecule has 2 N–H and O–H groups in total. The van der Waals surface area contributed by atoms with E-state index in [-0.39, 0.29) is 22.0 Å². The summed E-state index contributed by atoms with van der Waals surface area (Å²) in [5.74, 6) is -1.49. The summed E-state index contributed by atoms with van der Waals surface area (Å²) in [7, 11) is -8.19. The van der Waals surface area contributed by atoms with Gasteiger partial charge in [0.15, 0.2) is 0 Å². The van der Waals surface area contributed by atoms with Crippen molar-refractivity contribution < 1.29 is 39.2 Å². The standard InChI is InChI=1S/C22H19F4N3O5S2/c1-35(31,32)29(19-7-3-5-16(23)13-19)14-21(30)27-17-8-10-20(11-9-17)36(33,34)28-18-6-2-4-15(12-18)22(24,25)26/h2-13,28H,14H2,1H3,(H,27,30). The first kappa shape index (κ1) is 26.9. The van der Waals surface area contributed by atoms with Crippen LogP contribution in [0, 0.1) is 5.82 Å². The number of nitrogens with zero attached hydrogens (tertiary/aromatic N) is 1. The molecule has 0 fully saturated rings. The van der Waals surface area contributed by atoms with Gasteiger partial charge in [0, 0.05) is 11.4 Å². The molecule has 192 valence electrons. The van der Waals surface area contributed by atoms with Gasteiger partial charge in [-0.25, -0.2) is 21.2 Å². The van der Waals surface area contributed by atoms with E-state index >= 15 is 0 Å². The van der Waals surface area contributed by atoms with Crippen LogP contribution < -0.4 is 14.3 Å². The van der Waals surface area contributed by atoms with Gasteiger partial charge in [-0.05, 0) is 60.7 Å². The maximum atomic E-state index is 13.5. The number of hydrogen-bond acceptors (Lipinski definition) is 5. The summed E-state index contributed by atoms with van der Waals surface area (Å²) in [6.45, 7) is -0.681. The predicted molar refractivity (Wildman–Crippen MR) is 126 cm³/mol. The molecule has 1 amide bonds. The van der Waals surface area contributed by atoms with Crippen LogP contribution in [-0.2, 0) is 31.0 Å². The Kier molecular flexibility index (Phi) is 7.59. The quantitative estimate of drug-likeness (QED) is 0.415. The van der Waals surface area contributed by atoms with Crippen LogP contribution in [0.25, 0.3) is 0 Å². The van der Waals surface area contributed by atoms with Gasteiger partial charge < -0.3 is 5.32 Å². The highest BCUT2D eigenvalue weighted by atomic mass is 32.2. The molecule has 0 aliphatic rings. The highest BCUT2D eigenvalue weighted by Gasteiger charge is 2.30. The Hall–Kier alpha value is -3.65. The lowest BCUT2D eigenvalue weighted by atomic mass is 10.2. The van der Waals surface area contributed by atoms with E-state index in [2.05, 4.69) is 10.0 Å². The topological polar surface area (TPSA) is 113 Å². The zero-order valence-electron chi connectivity index (χ0n) is 18.5. The fourth-order valence-electron chi connectivity index (χ4n) is 3.05. The van der Waals surface area contributed by atoms with Gasteiger partial charge in [-0.2, -0.15) is 13.2 Å². The monoisotopic (exact) mass is 545 g/mol. The fraction of sp³-hybridized carbons (Fsp3) is 0.136. The van der Waals surface area contributed by atoms with Gasteiger partial charge in [0.05, 0.1) is 22.4 Å². The van der Waals surface area contributed by atoms with Crippen molar-refractivity contribution in [1.29, 1.82) is 0 Å². The molecule has 0 aromatic heterocycles. The predicted octanol–water partition coefficient (Wildman–Crippen LogP) is 4.05. The molecular formula is C22H19F4N3O5S2. The van der Waals surface area contributed by atoms with E-state index in [1.165, 1.54) is 24.3 Å². The highest BCUT2D eigenvalue weighted by molar-refractivity contribution is 7.92. The second-order valence-corrected chi connectivity index (χ2v) is 11.1. The second-order valence-electron chi connectivity index (χ2n) is 7.51. The minimum Gasteiger partial charge on any atom is -0.325 e. The lowest BCUT2D eigenvalue weighted by molar-refractivity contribution is -0.137. The van der Waals surface area contributed by atoms with E-state index in [0.29, 0.717) is 10.4 Å². The minimum absolute atomic E-state index is 0.0604. The molecule has 0 bridgehead atoms. The summed E-state index contributed by atoms with van der Waals surface area (Å²) in [6.07, 6.45) is -3.80. The van der Waals surface area contributed by atoms with Crippen LogP contribution >= 0.6 is 0 Å². The molecule has 0 radical (unpaired) electrons. The van der Waals surface area contributed by atoms with Crippen LogP contribution in [0.5, 0.6) is 0 Å². The third-order valence-electron chi connectivity index (χ3n) is 4.67. The summed E-state index contributed by atoms with van der Waals surface area (Å²) in [4.78, 5) is 12.1. The molecule has 0 unspecified atom stereocenters. The summed E-state index contributed by atoms with van der Waals surface area (Å²) >= 11 is 0. The number of nitrogens with one attached hydrogen (secondary N) is 2. The van der Waals surface area contributed by atoms with E-state index in [1.54, 1.807) is 0 Å². The largest absolute Gasteiger partial charge is 0.416 e. The Bertz CT molecular complexity index is 1480. The molecule has 3 aromatic carbocycles. The minimum atomic E-state index is -4.65. The number of carbonyl (C=O) groups is 1. The molecular weight excluding hydrogens is 526 g/mol. The fourth-order valence-corrected chi connectivity index (χ4v) is 4.95. The van der Waals surface area contributed by atoms with Crippen LogP contribution in [0.2, 0.25) is 0 Å². The van der Waals surface area contributed by atoms with Crippen LogP contribution in [0.15, 0.2) is 77.7 Å². The van der Waals surface area contributed by atoms with Gasteiger partial charge in [-0.1, -0.05) is 12.1 Å². The van der Waals surface area contributed by atoms with Crippen molar-refractivity contribution in [1.82, 2.24) is 0 Å². The first-order valence-corrected chi connectivity index (χ1v) is 13.3. The van der Waals surface area contributed by atoms with E-state index in [0.717, 1.165) is 48.7 Å². The summed E-state index contributed by atoms with van der Waals surface area (Å²) < 4.78 is 104. The number of hydrogen-bond donors (Lipinski definition) is 2. The highest BCUT2D eigenvalue weighted by Crippen LogP contribution is 2.31. The Morgan fingerprint density at radius 3 is 2.11 bits per heavy atom. The van der Waals surface area contributed by atoms with Gasteiger partial charge >= 0.3 is 6.18 Å².